The average Bonchev–Trinajstić information content (AvgIpc) is 2.38. The van der Waals surface area contributed by atoms with E-state index in [9.17, 15) is 0 Å². The Hall–Kier alpha value is -1.32. The lowest BCUT2D eigenvalue weighted by Gasteiger charge is -2.26. The van der Waals surface area contributed by atoms with Gasteiger partial charge in [0.05, 0.1) is 14.2 Å². The zero-order valence-electron chi connectivity index (χ0n) is 11.8. The molecule has 0 amide bonds. The quantitative estimate of drug-likeness (QED) is 0.558. The molecule has 1 aliphatic heterocycles. The van der Waals surface area contributed by atoms with Crippen molar-refractivity contribution in [1.82, 2.24) is 0 Å². The van der Waals surface area contributed by atoms with Crippen LogP contribution in [0.5, 0.6) is 0 Å². The van der Waals surface area contributed by atoms with Crippen LogP contribution in [0, 0.1) is 5.92 Å². The molecule has 102 valence electrons. The Kier molecular flexibility index (Phi) is 5.89. The van der Waals surface area contributed by atoms with E-state index >= 15 is 0 Å². The molecule has 0 radical (unpaired) electrons. The molecule has 18 heavy (non-hydrogen) atoms. The first-order valence-electron chi connectivity index (χ1n) is 6.48. The van der Waals surface area contributed by atoms with Gasteiger partial charge in [-0.3, -0.25) is 0 Å². The first-order valence-corrected chi connectivity index (χ1v) is 6.48. The minimum absolute atomic E-state index is 0.0140. The van der Waals surface area contributed by atoms with Crippen molar-refractivity contribution < 1.29 is 9.47 Å². The average molecular weight is 252 g/mol. The number of hydrogen-bond donors (Lipinski definition) is 0. The summed E-state index contributed by atoms with van der Waals surface area (Å²) in [4.78, 5) is 9.26. The molecule has 0 aliphatic carbocycles. The molecule has 0 aromatic carbocycles. The monoisotopic (exact) mass is 252 g/mol. The summed E-state index contributed by atoms with van der Waals surface area (Å²) in [6, 6.07) is -0.0412. The molecule has 1 aliphatic rings. The Morgan fingerprint density at radius 2 is 1.89 bits per heavy atom. The van der Waals surface area contributed by atoms with E-state index in [-0.39, 0.29) is 12.1 Å². The first-order chi connectivity index (χ1) is 8.63. The fourth-order valence-corrected chi connectivity index (χ4v) is 2.00. The van der Waals surface area contributed by atoms with E-state index in [4.69, 9.17) is 9.47 Å². The first kappa shape index (κ1) is 14.7. The smallest absolute Gasteiger partial charge is 0.209 e. The van der Waals surface area contributed by atoms with Crippen molar-refractivity contribution in [2.45, 2.75) is 45.2 Å². The minimum Gasteiger partial charge on any atom is -0.483 e. The van der Waals surface area contributed by atoms with Crippen LogP contribution in [0.25, 0.3) is 0 Å². The molecule has 0 N–H and O–H groups in total. The highest BCUT2D eigenvalue weighted by atomic mass is 16.5. The molecule has 0 saturated carbocycles. The van der Waals surface area contributed by atoms with E-state index in [0.29, 0.717) is 5.92 Å². The largest absolute Gasteiger partial charge is 0.483 e. The summed E-state index contributed by atoms with van der Waals surface area (Å²) in [5, 5.41) is 0. The number of aliphatic imine (C=N–C) groups is 2. The van der Waals surface area contributed by atoms with Gasteiger partial charge in [-0.2, -0.15) is 0 Å². The van der Waals surface area contributed by atoms with Crippen molar-refractivity contribution in [3.05, 3.63) is 12.7 Å². The molecule has 4 heteroatoms. The van der Waals surface area contributed by atoms with Crippen molar-refractivity contribution in [2.24, 2.45) is 15.9 Å². The van der Waals surface area contributed by atoms with Crippen molar-refractivity contribution >= 4 is 11.8 Å². The summed E-state index contributed by atoms with van der Waals surface area (Å²) < 4.78 is 10.7. The summed E-state index contributed by atoms with van der Waals surface area (Å²) in [7, 11) is 3.31. The van der Waals surface area contributed by atoms with Crippen LogP contribution in [-0.2, 0) is 9.47 Å². The van der Waals surface area contributed by atoms with Crippen LogP contribution in [0.1, 0.15) is 33.1 Å². The van der Waals surface area contributed by atoms with Crippen molar-refractivity contribution in [3.8, 4) is 0 Å². The van der Waals surface area contributed by atoms with Crippen molar-refractivity contribution in [2.75, 3.05) is 14.2 Å². The predicted molar refractivity (Wildman–Crippen MR) is 75.4 cm³/mol. The lowest BCUT2D eigenvalue weighted by Crippen LogP contribution is -2.37. The molecule has 4 nitrogen and oxygen atoms in total. The normalized spacial score (nSPS) is 23.4. The topological polar surface area (TPSA) is 43.2 Å². The zero-order valence-corrected chi connectivity index (χ0v) is 11.8. The molecule has 0 aromatic heterocycles. The standard InChI is InChI=1S/C14H24N2O2/c1-6-7-8-9-11-13(17-4)16-12(10(2)3)14(15-11)18-5/h6,10-12H,1,7-9H2,2-5H3/t11-,12-/m1/s1. The van der Waals surface area contributed by atoms with Gasteiger partial charge < -0.3 is 9.47 Å². The van der Waals surface area contributed by atoms with Crippen LogP contribution in [0.15, 0.2) is 22.6 Å². The Morgan fingerprint density at radius 3 is 2.39 bits per heavy atom. The maximum Gasteiger partial charge on any atom is 0.209 e. The maximum absolute atomic E-state index is 5.37. The number of allylic oxidation sites excluding steroid dienone is 1. The fourth-order valence-electron chi connectivity index (χ4n) is 2.00. The molecule has 0 aromatic rings. The van der Waals surface area contributed by atoms with Gasteiger partial charge in [0, 0.05) is 0 Å². The number of unbranched alkanes of at least 4 members (excludes halogenated alkanes) is 1. The molecule has 0 saturated heterocycles. The van der Waals surface area contributed by atoms with E-state index in [1.165, 1.54) is 0 Å². The molecule has 0 unspecified atom stereocenters. The number of methoxy groups -OCH3 is 2. The highest BCUT2D eigenvalue weighted by molar-refractivity contribution is 5.94. The van der Waals surface area contributed by atoms with E-state index in [2.05, 4.69) is 30.4 Å². The summed E-state index contributed by atoms with van der Waals surface area (Å²) in [6.45, 7) is 7.94. The van der Waals surface area contributed by atoms with Crippen molar-refractivity contribution in [1.29, 1.82) is 0 Å². The van der Waals surface area contributed by atoms with Gasteiger partial charge in [-0.05, 0) is 25.2 Å². The van der Waals surface area contributed by atoms with E-state index in [1.807, 2.05) is 6.08 Å². The van der Waals surface area contributed by atoms with Gasteiger partial charge in [0.2, 0.25) is 11.8 Å². The van der Waals surface area contributed by atoms with Crippen LogP contribution in [-0.4, -0.2) is 38.1 Å². The van der Waals surface area contributed by atoms with Gasteiger partial charge in [0.25, 0.3) is 0 Å². The highest BCUT2D eigenvalue weighted by Crippen LogP contribution is 2.20. The Labute approximate surface area is 110 Å². The van der Waals surface area contributed by atoms with E-state index in [0.717, 1.165) is 31.1 Å². The SMILES string of the molecule is C=CCCC[C@H]1N=C(OC)[C@@H](C(C)C)N=C1OC. The summed E-state index contributed by atoms with van der Waals surface area (Å²) in [6.07, 6.45) is 4.85. The van der Waals surface area contributed by atoms with Gasteiger partial charge in [-0.1, -0.05) is 19.9 Å². The second-order valence-corrected chi connectivity index (χ2v) is 4.77. The summed E-state index contributed by atoms with van der Waals surface area (Å²) in [5.74, 6) is 1.79. The van der Waals surface area contributed by atoms with E-state index in [1.54, 1.807) is 14.2 Å². The Morgan fingerprint density at radius 1 is 1.22 bits per heavy atom. The van der Waals surface area contributed by atoms with Gasteiger partial charge in [0.15, 0.2) is 0 Å². The van der Waals surface area contributed by atoms with Crippen molar-refractivity contribution in [3.63, 3.8) is 0 Å². The summed E-state index contributed by atoms with van der Waals surface area (Å²) in [5.41, 5.74) is 0. The van der Waals surface area contributed by atoms with Gasteiger partial charge in [0.1, 0.15) is 12.1 Å². The van der Waals surface area contributed by atoms with Gasteiger partial charge in [-0.25, -0.2) is 9.98 Å². The second-order valence-electron chi connectivity index (χ2n) is 4.77. The summed E-state index contributed by atoms with van der Waals surface area (Å²) >= 11 is 0. The lowest BCUT2D eigenvalue weighted by atomic mass is 10.0. The number of nitrogens with zero attached hydrogens (tertiary/aromatic N) is 2. The van der Waals surface area contributed by atoms with Gasteiger partial charge >= 0.3 is 0 Å². The van der Waals surface area contributed by atoms with Crippen LogP contribution in [0.3, 0.4) is 0 Å². The number of hydrogen-bond acceptors (Lipinski definition) is 4. The Bertz CT molecular complexity index is 335. The van der Waals surface area contributed by atoms with Crippen LogP contribution < -0.4 is 0 Å². The van der Waals surface area contributed by atoms with Crippen LogP contribution in [0.2, 0.25) is 0 Å². The molecular weight excluding hydrogens is 228 g/mol. The zero-order chi connectivity index (χ0) is 13.5. The van der Waals surface area contributed by atoms with Crippen LogP contribution in [0.4, 0.5) is 0 Å². The third kappa shape index (κ3) is 3.59. The molecule has 0 spiro atoms. The maximum atomic E-state index is 5.37. The van der Waals surface area contributed by atoms with Crippen LogP contribution >= 0.6 is 0 Å². The third-order valence-electron chi connectivity index (χ3n) is 3.02. The minimum atomic E-state index is -0.0272. The highest BCUT2D eigenvalue weighted by Gasteiger charge is 2.30. The lowest BCUT2D eigenvalue weighted by molar-refractivity contribution is 0.330. The fraction of sp³-hybridized carbons (Fsp3) is 0.714. The molecule has 0 fully saturated rings. The number of rotatable bonds is 5. The second kappa shape index (κ2) is 7.19. The van der Waals surface area contributed by atoms with E-state index < -0.39 is 0 Å². The molecule has 1 rings (SSSR count). The Balaban J connectivity index is 2.80. The third-order valence-corrected chi connectivity index (χ3v) is 3.02. The van der Waals surface area contributed by atoms with Gasteiger partial charge in [-0.15, -0.1) is 6.58 Å². The number of ether oxygens (including phenoxy) is 2. The predicted octanol–water partition coefficient (Wildman–Crippen LogP) is 2.84. The molecular formula is C14H24N2O2. The molecule has 0 bridgehead atoms. The molecule has 1 heterocycles. The molecule has 2 atom stereocenters.